The van der Waals surface area contributed by atoms with Crippen LogP contribution in [0.5, 0.6) is 0 Å². The minimum atomic E-state index is 0.194. The van der Waals surface area contributed by atoms with Crippen molar-refractivity contribution in [2.75, 3.05) is 5.34 Å². The molecule has 0 amide bonds. The van der Waals surface area contributed by atoms with Crippen molar-refractivity contribution < 1.29 is 0 Å². The molecule has 0 aromatic carbocycles. The van der Waals surface area contributed by atoms with E-state index in [-0.39, 0.29) is 5.34 Å². The smallest absolute Gasteiger partial charge is 0.0967 e. The SMILES string of the molecule is C1=CC2CCC1C2.C=CC1CCC(C=C)C1.ClCCl. The predicted octanol–water partition coefficient (Wildman–Crippen LogP) is 6.17. The van der Waals surface area contributed by atoms with Crippen LogP contribution in [0.3, 0.4) is 0 Å². The Bertz CT molecular complexity index is 270. The summed E-state index contributed by atoms with van der Waals surface area (Å²) in [6.45, 7) is 7.55. The molecule has 0 saturated heterocycles. The third kappa shape index (κ3) is 6.19. The van der Waals surface area contributed by atoms with Crippen LogP contribution < -0.4 is 0 Å². The lowest BCUT2D eigenvalue weighted by Gasteiger charge is -1.99. The Labute approximate surface area is 128 Å². The van der Waals surface area contributed by atoms with Crippen molar-refractivity contribution in [1.82, 2.24) is 0 Å². The van der Waals surface area contributed by atoms with Crippen molar-refractivity contribution in [3.63, 3.8) is 0 Å². The van der Waals surface area contributed by atoms with Crippen LogP contribution in [-0.4, -0.2) is 5.34 Å². The predicted molar refractivity (Wildman–Crippen MR) is 87.8 cm³/mol. The van der Waals surface area contributed by atoms with Crippen LogP contribution in [0.2, 0.25) is 0 Å². The van der Waals surface area contributed by atoms with Gasteiger partial charge in [0, 0.05) is 0 Å². The molecule has 3 rings (SSSR count). The molecular formula is C17H26Cl2. The van der Waals surface area contributed by atoms with E-state index in [1.54, 1.807) is 0 Å². The molecule has 0 radical (unpaired) electrons. The monoisotopic (exact) mass is 300 g/mol. The van der Waals surface area contributed by atoms with Crippen LogP contribution in [0.25, 0.3) is 0 Å². The molecule has 0 N–H and O–H groups in total. The quantitative estimate of drug-likeness (QED) is 0.422. The van der Waals surface area contributed by atoms with Crippen molar-refractivity contribution >= 4 is 23.2 Å². The first kappa shape index (κ1) is 16.9. The van der Waals surface area contributed by atoms with Crippen molar-refractivity contribution in [2.24, 2.45) is 23.7 Å². The van der Waals surface area contributed by atoms with Crippen LogP contribution >= 0.6 is 23.2 Å². The molecule has 0 spiro atoms. The van der Waals surface area contributed by atoms with E-state index in [0.717, 1.165) is 23.7 Å². The average molecular weight is 301 g/mol. The van der Waals surface area contributed by atoms with Crippen LogP contribution in [-0.2, 0) is 0 Å². The minimum Gasteiger partial charge on any atom is -0.109 e. The molecule has 4 atom stereocenters. The van der Waals surface area contributed by atoms with Gasteiger partial charge in [0.25, 0.3) is 0 Å². The molecule has 0 aromatic rings. The number of fused-ring (bicyclic) bond motifs is 2. The van der Waals surface area contributed by atoms with Gasteiger partial charge in [-0.3, -0.25) is 0 Å². The molecule has 4 unspecified atom stereocenters. The first-order chi connectivity index (χ1) is 9.23. The summed E-state index contributed by atoms with van der Waals surface area (Å²) >= 11 is 9.53. The van der Waals surface area contributed by atoms with Gasteiger partial charge in [-0.1, -0.05) is 24.3 Å². The van der Waals surface area contributed by atoms with Gasteiger partial charge in [0.1, 0.15) is 0 Å². The molecule has 19 heavy (non-hydrogen) atoms. The highest BCUT2D eigenvalue weighted by atomic mass is 35.5. The van der Waals surface area contributed by atoms with Crippen molar-refractivity contribution in [2.45, 2.75) is 38.5 Å². The van der Waals surface area contributed by atoms with Gasteiger partial charge in [0.15, 0.2) is 0 Å². The Hall–Kier alpha value is -0.200. The highest BCUT2D eigenvalue weighted by Gasteiger charge is 2.25. The molecule has 2 saturated carbocycles. The van der Waals surface area contributed by atoms with Gasteiger partial charge >= 0.3 is 0 Å². The summed E-state index contributed by atoms with van der Waals surface area (Å²) in [6.07, 6.45) is 17.3. The molecule has 108 valence electrons. The number of hydrogen-bond acceptors (Lipinski definition) is 0. The molecule has 0 aromatic heterocycles. The third-order valence-corrected chi connectivity index (χ3v) is 4.35. The molecule has 2 bridgehead atoms. The summed E-state index contributed by atoms with van der Waals surface area (Å²) in [5.41, 5.74) is 0. The third-order valence-electron chi connectivity index (χ3n) is 4.35. The normalized spacial score (nSPS) is 34.0. The van der Waals surface area contributed by atoms with Crippen LogP contribution in [0, 0.1) is 23.7 Å². The maximum absolute atomic E-state index is 4.76. The van der Waals surface area contributed by atoms with Crippen molar-refractivity contribution in [1.29, 1.82) is 0 Å². The lowest BCUT2D eigenvalue weighted by molar-refractivity contribution is 0.641. The summed E-state index contributed by atoms with van der Waals surface area (Å²) in [6, 6.07) is 0. The fraction of sp³-hybridized carbons (Fsp3) is 0.647. The second kappa shape index (κ2) is 9.66. The Morgan fingerprint density at radius 1 is 0.842 bits per heavy atom. The molecule has 0 nitrogen and oxygen atoms in total. The van der Waals surface area contributed by atoms with E-state index in [0.29, 0.717) is 0 Å². The molecule has 3 aliphatic carbocycles. The van der Waals surface area contributed by atoms with Crippen LogP contribution in [0.4, 0.5) is 0 Å². The number of allylic oxidation sites excluding steroid dienone is 4. The second-order valence-corrected chi connectivity index (χ2v) is 6.43. The van der Waals surface area contributed by atoms with Gasteiger partial charge < -0.3 is 0 Å². The Morgan fingerprint density at radius 2 is 1.26 bits per heavy atom. The lowest BCUT2D eigenvalue weighted by Crippen LogP contribution is -1.88. The number of alkyl halides is 2. The Kier molecular flexibility index (Phi) is 8.57. The van der Waals surface area contributed by atoms with Gasteiger partial charge in [-0.25, -0.2) is 0 Å². The van der Waals surface area contributed by atoms with E-state index in [1.165, 1.54) is 38.5 Å². The molecule has 2 heteroatoms. The first-order valence-electron chi connectivity index (χ1n) is 7.28. The second-order valence-electron chi connectivity index (χ2n) is 5.62. The van der Waals surface area contributed by atoms with Crippen molar-refractivity contribution in [3.8, 4) is 0 Å². The topological polar surface area (TPSA) is 0 Å². The fourth-order valence-corrected chi connectivity index (χ4v) is 3.20. The number of rotatable bonds is 2. The highest BCUT2D eigenvalue weighted by Crippen LogP contribution is 2.38. The zero-order valence-electron chi connectivity index (χ0n) is 11.7. The fourth-order valence-electron chi connectivity index (χ4n) is 3.20. The van der Waals surface area contributed by atoms with E-state index in [9.17, 15) is 0 Å². The maximum atomic E-state index is 4.76. The molecule has 0 aliphatic heterocycles. The zero-order chi connectivity index (χ0) is 14.1. The maximum Gasteiger partial charge on any atom is 0.0967 e. The van der Waals surface area contributed by atoms with Gasteiger partial charge in [-0.2, -0.15) is 0 Å². The highest BCUT2D eigenvalue weighted by molar-refractivity contribution is 6.40. The lowest BCUT2D eigenvalue weighted by atomic mass is 10.1. The van der Waals surface area contributed by atoms with Crippen LogP contribution in [0.15, 0.2) is 37.5 Å². The number of hydrogen-bond donors (Lipinski definition) is 0. The van der Waals surface area contributed by atoms with E-state index >= 15 is 0 Å². The summed E-state index contributed by atoms with van der Waals surface area (Å²) in [5.74, 6) is 3.52. The van der Waals surface area contributed by atoms with Gasteiger partial charge in [-0.05, 0) is 62.2 Å². The van der Waals surface area contributed by atoms with E-state index in [1.807, 2.05) is 0 Å². The average Bonchev–Trinajstić information content (AvgIpc) is 3.17. The van der Waals surface area contributed by atoms with Crippen LogP contribution in [0.1, 0.15) is 38.5 Å². The van der Waals surface area contributed by atoms with Gasteiger partial charge in [0.05, 0.1) is 5.34 Å². The standard InChI is InChI=1S/C9H14.C7H10.CH2Cl2/c1-3-8-5-6-9(4-2)7-8;1-2-7-4-3-6(1)5-7;2-1-3/h3-4,8-9H,1-2,5-7H2;1-2,6-7H,3-5H2;1H2. The van der Waals surface area contributed by atoms with E-state index in [4.69, 9.17) is 23.2 Å². The molecule has 3 aliphatic rings. The van der Waals surface area contributed by atoms with Gasteiger partial charge in [-0.15, -0.1) is 36.4 Å². The van der Waals surface area contributed by atoms with Gasteiger partial charge in [0.2, 0.25) is 0 Å². The largest absolute Gasteiger partial charge is 0.109 e. The number of halogens is 2. The Morgan fingerprint density at radius 3 is 1.42 bits per heavy atom. The molecule has 0 heterocycles. The first-order valence-corrected chi connectivity index (χ1v) is 8.35. The van der Waals surface area contributed by atoms with E-state index < -0.39 is 0 Å². The van der Waals surface area contributed by atoms with E-state index in [2.05, 4.69) is 37.5 Å². The summed E-state index contributed by atoms with van der Waals surface area (Å²) in [7, 11) is 0. The summed E-state index contributed by atoms with van der Waals surface area (Å²) in [5, 5.41) is 0.194. The summed E-state index contributed by atoms with van der Waals surface area (Å²) in [4.78, 5) is 0. The summed E-state index contributed by atoms with van der Waals surface area (Å²) < 4.78 is 0. The molecule has 2 fully saturated rings. The minimum absolute atomic E-state index is 0.194. The molecular weight excluding hydrogens is 275 g/mol. The zero-order valence-corrected chi connectivity index (χ0v) is 13.3. The Balaban J connectivity index is 0.000000161. The van der Waals surface area contributed by atoms with Crippen molar-refractivity contribution in [3.05, 3.63) is 37.5 Å².